The molecular weight excluding hydrogens is 320 g/mol. The number of nitro groups is 1. The molecule has 3 rings (SSSR count). The summed E-state index contributed by atoms with van der Waals surface area (Å²) in [6.45, 7) is 0.613. The van der Waals surface area contributed by atoms with Crippen LogP contribution < -0.4 is 0 Å². The Balaban J connectivity index is 2.07. The molecule has 0 bridgehead atoms. The Morgan fingerprint density at radius 2 is 1.85 bits per heavy atom. The van der Waals surface area contributed by atoms with Crippen LogP contribution in [-0.4, -0.2) is 9.49 Å². The van der Waals surface area contributed by atoms with Gasteiger partial charge in [-0.15, -0.1) is 0 Å². The fraction of sp³-hybridized carbons (Fsp3) is 0.0667. The summed E-state index contributed by atoms with van der Waals surface area (Å²) in [4.78, 5) is 10.8. The minimum Gasteiger partial charge on any atom is -0.337 e. The van der Waals surface area contributed by atoms with Crippen LogP contribution in [0.5, 0.6) is 0 Å². The molecule has 0 aliphatic rings. The molecule has 2 aromatic carbocycles. The van der Waals surface area contributed by atoms with Crippen LogP contribution in [0.1, 0.15) is 5.56 Å². The molecule has 0 N–H and O–H groups in total. The Morgan fingerprint density at radius 3 is 2.55 bits per heavy atom. The molecule has 0 radical (unpaired) electrons. The molecule has 100 valence electrons. The van der Waals surface area contributed by atoms with Gasteiger partial charge in [0.1, 0.15) is 5.52 Å². The van der Waals surface area contributed by atoms with Crippen LogP contribution in [0, 0.1) is 10.1 Å². The van der Waals surface area contributed by atoms with Crippen molar-refractivity contribution in [3.8, 4) is 0 Å². The first-order valence-corrected chi connectivity index (χ1v) is 6.91. The van der Waals surface area contributed by atoms with Gasteiger partial charge in [-0.05, 0) is 23.8 Å². The molecule has 0 amide bonds. The van der Waals surface area contributed by atoms with Crippen LogP contribution in [0.25, 0.3) is 10.9 Å². The highest BCUT2D eigenvalue weighted by Crippen LogP contribution is 2.27. The average molecular weight is 331 g/mol. The van der Waals surface area contributed by atoms with E-state index in [2.05, 4.69) is 15.9 Å². The summed E-state index contributed by atoms with van der Waals surface area (Å²) >= 11 is 3.40. The van der Waals surface area contributed by atoms with Crippen molar-refractivity contribution in [1.29, 1.82) is 0 Å². The molecule has 0 fully saturated rings. The Bertz CT molecular complexity index is 778. The van der Waals surface area contributed by atoms with Crippen LogP contribution in [0.2, 0.25) is 0 Å². The largest absolute Gasteiger partial charge is 0.337 e. The van der Waals surface area contributed by atoms with E-state index in [0.29, 0.717) is 12.1 Å². The summed E-state index contributed by atoms with van der Waals surface area (Å²) in [6.07, 6.45) is 1.89. The summed E-state index contributed by atoms with van der Waals surface area (Å²) in [7, 11) is 0. The number of para-hydroxylation sites is 1. The number of benzene rings is 2. The maximum Gasteiger partial charge on any atom is 0.293 e. The van der Waals surface area contributed by atoms with E-state index >= 15 is 0 Å². The highest BCUT2D eigenvalue weighted by molar-refractivity contribution is 9.10. The van der Waals surface area contributed by atoms with E-state index in [-0.39, 0.29) is 10.6 Å². The van der Waals surface area contributed by atoms with Gasteiger partial charge < -0.3 is 4.57 Å². The first-order chi connectivity index (χ1) is 9.65. The van der Waals surface area contributed by atoms with Gasteiger partial charge in [0.15, 0.2) is 0 Å². The summed E-state index contributed by atoms with van der Waals surface area (Å²) in [6, 6.07) is 15.0. The van der Waals surface area contributed by atoms with Gasteiger partial charge in [0.2, 0.25) is 0 Å². The van der Waals surface area contributed by atoms with Crippen molar-refractivity contribution in [2.24, 2.45) is 0 Å². The molecule has 5 heteroatoms. The van der Waals surface area contributed by atoms with Crippen molar-refractivity contribution in [1.82, 2.24) is 4.57 Å². The number of aromatic nitrogens is 1. The number of non-ortho nitro benzene ring substituents is 1. The van der Waals surface area contributed by atoms with Crippen molar-refractivity contribution < 1.29 is 4.92 Å². The standard InChI is InChI=1S/C15H11BrN2O2/c16-13-6-4-11(5-7-13)10-17-9-8-12-2-1-3-14(15(12)17)18(19)20/h1-9H,10H2. The zero-order valence-electron chi connectivity index (χ0n) is 10.5. The molecule has 0 aliphatic heterocycles. The van der Waals surface area contributed by atoms with E-state index in [4.69, 9.17) is 0 Å². The predicted molar refractivity (Wildman–Crippen MR) is 81.8 cm³/mol. The van der Waals surface area contributed by atoms with Crippen molar-refractivity contribution >= 4 is 32.5 Å². The number of rotatable bonds is 3. The highest BCUT2D eigenvalue weighted by atomic mass is 79.9. The lowest BCUT2D eigenvalue weighted by Gasteiger charge is -2.06. The second kappa shape index (κ2) is 5.09. The number of nitro benzene ring substituents is 1. The topological polar surface area (TPSA) is 48.1 Å². The molecule has 0 unspecified atom stereocenters. The fourth-order valence-corrected chi connectivity index (χ4v) is 2.57. The van der Waals surface area contributed by atoms with Gasteiger partial charge in [-0.2, -0.15) is 0 Å². The zero-order chi connectivity index (χ0) is 14.1. The lowest BCUT2D eigenvalue weighted by Crippen LogP contribution is -2.00. The molecule has 0 saturated heterocycles. The lowest BCUT2D eigenvalue weighted by atomic mass is 10.2. The predicted octanol–water partition coefficient (Wildman–Crippen LogP) is 4.36. The zero-order valence-corrected chi connectivity index (χ0v) is 12.1. The smallest absolute Gasteiger partial charge is 0.293 e. The highest BCUT2D eigenvalue weighted by Gasteiger charge is 2.15. The number of fused-ring (bicyclic) bond motifs is 1. The third kappa shape index (κ3) is 2.32. The van der Waals surface area contributed by atoms with E-state index in [9.17, 15) is 10.1 Å². The SMILES string of the molecule is O=[N+]([O-])c1cccc2ccn(Cc3ccc(Br)cc3)c12. The van der Waals surface area contributed by atoms with Crippen LogP contribution in [-0.2, 0) is 6.54 Å². The van der Waals surface area contributed by atoms with E-state index in [1.165, 1.54) is 0 Å². The maximum absolute atomic E-state index is 11.1. The molecule has 0 aliphatic carbocycles. The third-order valence-electron chi connectivity index (χ3n) is 3.23. The van der Waals surface area contributed by atoms with Crippen LogP contribution in [0.4, 0.5) is 5.69 Å². The Kier molecular flexibility index (Phi) is 3.28. The first kappa shape index (κ1) is 12.9. The van der Waals surface area contributed by atoms with E-state index < -0.39 is 0 Å². The van der Waals surface area contributed by atoms with Crippen molar-refractivity contribution in [3.63, 3.8) is 0 Å². The summed E-state index contributed by atoms with van der Waals surface area (Å²) < 4.78 is 2.93. The second-order valence-corrected chi connectivity index (χ2v) is 5.46. The van der Waals surface area contributed by atoms with Crippen molar-refractivity contribution in [2.45, 2.75) is 6.54 Å². The molecule has 0 atom stereocenters. The lowest BCUT2D eigenvalue weighted by molar-refractivity contribution is -0.383. The number of hydrogen-bond donors (Lipinski definition) is 0. The maximum atomic E-state index is 11.1. The summed E-state index contributed by atoms with van der Waals surface area (Å²) in [5, 5.41) is 12.0. The quantitative estimate of drug-likeness (QED) is 0.529. The first-order valence-electron chi connectivity index (χ1n) is 6.12. The van der Waals surface area contributed by atoms with Gasteiger partial charge >= 0.3 is 0 Å². The Labute approximate surface area is 123 Å². The summed E-state index contributed by atoms with van der Waals surface area (Å²) in [5.41, 5.74) is 1.91. The minimum absolute atomic E-state index is 0.143. The summed E-state index contributed by atoms with van der Waals surface area (Å²) in [5.74, 6) is 0. The minimum atomic E-state index is -0.333. The average Bonchev–Trinajstić information content (AvgIpc) is 2.84. The Morgan fingerprint density at radius 1 is 1.10 bits per heavy atom. The molecule has 20 heavy (non-hydrogen) atoms. The van der Waals surface area contributed by atoms with E-state index in [0.717, 1.165) is 15.4 Å². The molecule has 4 nitrogen and oxygen atoms in total. The fourth-order valence-electron chi connectivity index (χ4n) is 2.31. The molecule has 1 aromatic heterocycles. The normalized spacial score (nSPS) is 10.8. The van der Waals surface area contributed by atoms with Crippen LogP contribution >= 0.6 is 15.9 Å². The number of hydrogen-bond acceptors (Lipinski definition) is 2. The molecular formula is C15H11BrN2O2. The monoisotopic (exact) mass is 330 g/mol. The Hall–Kier alpha value is -2.14. The molecule has 3 aromatic rings. The number of halogens is 1. The van der Waals surface area contributed by atoms with Crippen molar-refractivity contribution in [2.75, 3.05) is 0 Å². The van der Waals surface area contributed by atoms with Gasteiger partial charge in [-0.25, -0.2) is 0 Å². The van der Waals surface area contributed by atoms with Crippen LogP contribution in [0.15, 0.2) is 59.2 Å². The van der Waals surface area contributed by atoms with E-state index in [1.807, 2.05) is 47.2 Å². The third-order valence-corrected chi connectivity index (χ3v) is 3.76. The molecule has 0 spiro atoms. The van der Waals surface area contributed by atoms with Gasteiger partial charge in [-0.1, -0.05) is 40.2 Å². The van der Waals surface area contributed by atoms with Gasteiger partial charge in [-0.3, -0.25) is 10.1 Å². The van der Waals surface area contributed by atoms with Gasteiger partial charge in [0.25, 0.3) is 5.69 Å². The van der Waals surface area contributed by atoms with Gasteiger partial charge in [0.05, 0.1) is 4.92 Å². The second-order valence-electron chi connectivity index (χ2n) is 4.54. The van der Waals surface area contributed by atoms with Gasteiger partial charge in [0, 0.05) is 28.7 Å². The van der Waals surface area contributed by atoms with Crippen molar-refractivity contribution in [3.05, 3.63) is 74.9 Å². The molecule has 1 heterocycles. The van der Waals surface area contributed by atoms with E-state index in [1.54, 1.807) is 12.1 Å². The molecule has 0 saturated carbocycles. The number of nitrogens with zero attached hydrogens (tertiary/aromatic N) is 2. The van der Waals surface area contributed by atoms with Crippen LogP contribution in [0.3, 0.4) is 0 Å².